The number of carbonyl (C=O) groups excluding carboxylic acids is 2. The molecule has 5 heteroatoms. The standard InChI is InChI=1S/C19H21BrN2O2/c1-13-7-8-18(11-14(13)2)22(15(3)23)10-9-21-19(24)16-5-4-6-17(20)12-16/h4-8,11-12H,9-10H2,1-3H3,(H,21,24). The van der Waals surface area contributed by atoms with Crippen molar-refractivity contribution >= 4 is 33.4 Å². The van der Waals surface area contributed by atoms with E-state index >= 15 is 0 Å². The van der Waals surface area contributed by atoms with E-state index in [1.165, 1.54) is 12.5 Å². The van der Waals surface area contributed by atoms with Crippen LogP contribution in [-0.2, 0) is 4.79 Å². The molecule has 0 aromatic heterocycles. The zero-order valence-corrected chi connectivity index (χ0v) is 15.7. The molecule has 0 atom stereocenters. The maximum atomic E-state index is 12.1. The highest BCUT2D eigenvalue weighted by Gasteiger charge is 2.13. The van der Waals surface area contributed by atoms with Gasteiger partial charge in [0.25, 0.3) is 5.91 Å². The van der Waals surface area contributed by atoms with Gasteiger partial charge >= 0.3 is 0 Å². The van der Waals surface area contributed by atoms with Crippen LogP contribution < -0.4 is 10.2 Å². The quantitative estimate of drug-likeness (QED) is 0.845. The molecule has 2 aromatic carbocycles. The molecule has 0 bridgehead atoms. The predicted molar refractivity (Wildman–Crippen MR) is 100 cm³/mol. The first-order valence-electron chi connectivity index (χ1n) is 7.77. The Kier molecular flexibility index (Phi) is 6.15. The van der Waals surface area contributed by atoms with Crippen LogP contribution >= 0.6 is 15.9 Å². The highest BCUT2D eigenvalue weighted by atomic mass is 79.9. The zero-order valence-electron chi connectivity index (χ0n) is 14.1. The zero-order chi connectivity index (χ0) is 17.7. The number of nitrogens with zero attached hydrogens (tertiary/aromatic N) is 1. The van der Waals surface area contributed by atoms with Gasteiger partial charge in [-0.1, -0.05) is 28.1 Å². The number of hydrogen-bond acceptors (Lipinski definition) is 2. The monoisotopic (exact) mass is 388 g/mol. The number of rotatable bonds is 5. The largest absolute Gasteiger partial charge is 0.350 e. The van der Waals surface area contributed by atoms with Crippen LogP contribution in [0, 0.1) is 13.8 Å². The summed E-state index contributed by atoms with van der Waals surface area (Å²) in [5, 5.41) is 2.85. The second-order valence-electron chi connectivity index (χ2n) is 5.71. The van der Waals surface area contributed by atoms with Gasteiger partial charge in [-0.25, -0.2) is 0 Å². The first kappa shape index (κ1) is 18.2. The van der Waals surface area contributed by atoms with Gasteiger partial charge in [0.05, 0.1) is 0 Å². The highest BCUT2D eigenvalue weighted by Crippen LogP contribution is 2.19. The second-order valence-corrected chi connectivity index (χ2v) is 6.62. The van der Waals surface area contributed by atoms with Gasteiger partial charge in [-0.15, -0.1) is 0 Å². The minimum atomic E-state index is -0.153. The molecule has 0 unspecified atom stereocenters. The maximum Gasteiger partial charge on any atom is 0.251 e. The van der Waals surface area contributed by atoms with E-state index in [0.29, 0.717) is 18.7 Å². The lowest BCUT2D eigenvalue weighted by atomic mass is 10.1. The van der Waals surface area contributed by atoms with E-state index < -0.39 is 0 Å². The number of carbonyl (C=O) groups is 2. The van der Waals surface area contributed by atoms with E-state index in [9.17, 15) is 9.59 Å². The van der Waals surface area contributed by atoms with E-state index in [-0.39, 0.29) is 11.8 Å². The third-order valence-corrected chi connectivity index (χ3v) is 4.38. The molecule has 0 saturated heterocycles. The van der Waals surface area contributed by atoms with Crippen molar-refractivity contribution in [2.75, 3.05) is 18.0 Å². The Labute approximate surface area is 151 Å². The Morgan fingerprint density at radius 2 is 1.83 bits per heavy atom. The average Bonchev–Trinajstić information content (AvgIpc) is 2.54. The molecule has 24 heavy (non-hydrogen) atoms. The normalized spacial score (nSPS) is 10.3. The van der Waals surface area contributed by atoms with Gasteiger partial charge in [0, 0.05) is 35.7 Å². The molecule has 0 aliphatic heterocycles. The van der Waals surface area contributed by atoms with Crippen molar-refractivity contribution in [1.82, 2.24) is 5.32 Å². The SMILES string of the molecule is CC(=O)N(CCNC(=O)c1cccc(Br)c1)c1ccc(C)c(C)c1. The van der Waals surface area contributed by atoms with E-state index in [1.807, 2.05) is 44.2 Å². The summed E-state index contributed by atoms with van der Waals surface area (Å²) in [4.78, 5) is 25.8. The minimum absolute atomic E-state index is 0.0463. The number of halogens is 1. The molecule has 0 fully saturated rings. The first-order valence-corrected chi connectivity index (χ1v) is 8.57. The average molecular weight is 389 g/mol. The van der Waals surface area contributed by atoms with Crippen LogP contribution in [0.25, 0.3) is 0 Å². The van der Waals surface area contributed by atoms with Gasteiger partial charge < -0.3 is 10.2 Å². The molecule has 4 nitrogen and oxygen atoms in total. The van der Waals surface area contributed by atoms with Crippen molar-refractivity contribution in [2.24, 2.45) is 0 Å². The lowest BCUT2D eigenvalue weighted by molar-refractivity contribution is -0.116. The summed E-state index contributed by atoms with van der Waals surface area (Å²) < 4.78 is 0.857. The van der Waals surface area contributed by atoms with Crippen LogP contribution in [-0.4, -0.2) is 24.9 Å². The van der Waals surface area contributed by atoms with Gasteiger partial charge in [-0.2, -0.15) is 0 Å². The molecule has 0 spiro atoms. The summed E-state index contributed by atoms with van der Waals surface area (Å²) in [6.07, 6.45) is 0. The smallest absolute Gasteiger partial charge is 0.251 e. The van der Waals surface area contributed by atoms with Crippen molar-refractivity contribution in [2.45, 2.75) is 20.8 Å². The highest BCUT2D eigenvalue weighted by molar-refractivity contribution is 9.10. The van der Waals surface area contributed by atoms with Gasteiger partial charge in [-0.3, -0.25) is 9.59 Å². The molecule has 2 aromatic rings. The molecule has 0 heterocycles. The van der Waals surface area contributed by atoms with Crippen molar-refractivity contribution in [3.05, 3.63) is 63.6 Å². The number of nitrogens with one attached hydrogen (secondary N) is 1. The van der Waals surface area contributed by atoms with E-state index in [0.717, 1.165) is 15.7 Å². The fourth-order valence-electron chi connectivity index (χ4n) is 2.37. The third-order valence-electron chi connectivity index (χ3n) is 3.89. The van der Waals surface area contributed by atoms with Crippen LogP contribution in [0.4, 0.5) is 5.69 Å². The Morgan fingerprint density at radius 1 is 1.08 bits per heavy atom. The summed E-state index contributed by atoms with van der Waals surface area (Å²) in [7, 11) is 0. The Hall–Kier alpha value is -2.14. The summed E-state index contributed by atoms with van der Waals surface area (Å²) in [6, 6.07) is 13.1. The van der Waals surface area contributed by atoms with Crippen molar-refractivity contribution in [3.8, 4) is 0 Å². The number of hydrogen-bond donors (Lipinski definition) is 1. The molecule has 0 saturated carbocycles. The Bertz CT molecular complexity index is 759. The summed E-state index contributed by atoms with van der Waals surface area (Å²) >= 11 is 3.35. The van der Waals surface area contributed by atoms with Gasteiger partial charge in [-0.05, 0) is 55.3 Å². The molecular formula is C19H21BrN2O2. The Morgan fingerprint density at radius 3 is 2.46 bits per heavy atom. The summed E-state index contributed by atoms with van der Waals surface area (Å²) in [6.45, 7) is 6.41. The van der Waals surface area contributed by atoms with Crippen LogP contribution in [0.3, 0.4) is 0 Å². The summed E-state index contributed by atoms with van der Waals surface area (Å²) in [5.74, 6) is -0.199. The lowest BCUT2D eigenvalue weighted by Crippen LogP contribution is -2.37. The van der Waals surface area contributed by atoms with E-state index in [1.54, 1.807) is 17.0 Å². The topological polar surface area (TPSA) is 49.4 Å². The molecule has 2 amide bonds. The summed E-state index contributed by atoms with van der Waals surface area (Å²) in [5.41, 5.74) is 3.76. The molecule has 1 N–H and O–H groups in total. The van der Waals surface area contributed by atoms with Crippen LogP contribution in [0.5, 0.6) is 0 Å². The van der Waals surface area contributed by atoms with Crippen LogP contribution in [0.2, 0.25) is 0 Å². The molecule has 126 valence electrons. The minimum Gasteiger partial charge on any atom is -0.350 e. The maximum absolute atomic E-state index is 12.1. The van der Waals surface area contributed by atoms with Gasteiger partial charge in [0.1, 0.15) is 0 Å². The molecule has 0 radical (unpaired) electrons. The van der Waals surface area contributed by atoms with E-state index in [4.69, 9.17) is 0 Å². The molecule has 0 aliphatic carbocycles. The van der Waals surface area contributed by atoms with Crippen molar-refractivity contribution < 1.29 is 9.59 Å². The third kappa shape index (κ3) is 4.68. The fourth-order valence-corrected chi connectivity index (χ4v) is 2.77. The van der Waals surface area contributed by atoms with Crippen LogP contribution in [0.1, 0.15) is 28.4 Å². The predicted octanol–water partition coefficient (Wildman–Crippen LogP) is 3.85. The number of benzene rings is 2. The number of aryl methyl sites for hydroxylation is 2. The van der Waals surface area contributed by atoms with Gasteiger partial charge in [0.2, 0.25) is 5.91 Å². The fraction of sp³-hybridized carbons (Fsp3) is 0.263. The number of anilines is 1. The lowest BCUT2D eigenvalue weighted by Gasteiger charge is -2.22. The van der Waals surface area contributed by atoms with Crippen molar-refractivity contribution in [3.63, 3.8) is 0 Å². The van der Waals surface area contributed by atoms with Gasteiger partial charge in [0.15, 0.2) is 0 Å². The Balaban J connectivity index is 2.00. The molecule has 0 aliphatic rings. The van der Waals surface area contributed by atoms with E-state index in [2.05, 4.69) is 21.2 Å². The second kappa shape index (κ2) is 8.11. The molecule has 2 rings (SSSR count). The molecular weight excluding hydrogens is 368 g/mol. The number of amides is 2. The first-order chi connectivity index (χ1) is 11.4. The van der Waals surface area contributed by atoms with Crippen molar-refractivity contribution in [1.29, 1.82) is 0 Å². The van der Waals surface area contributed by atoms with Crippen LogP contribution in [0.15, 0.2) is 46.9 Å².